The van der Waals surface area contributed by atoms with E-state index in [2.05, 4.69) is 16.0 Å². The van der Waals surface area contributed by atoms with E-state index < -0.39 is 0 Å². The number of rotatable bonds is 2. The summed E-state index contributed by atoms with van der Waals surface area (Å²) in [6.45, 7) is 4.10. The van der Waals surface area contributed by atoms with Crippen molar-refractivity contribution in [3.63, 3.8) is 0 Å². The Morgan fingerprint density at radius 3 is 2.95 bits per heavy atom. The molecule has 1 atom stereocenters. The first kappa shape index (κ1) is 14.8. The Morgan fingerprint density at radius 2 is 2.18 bits per heavy atom. The standard InChI is InChI=1S/C16H20N4O2/c17-11-13-3-1-5-18-15(13)20-6-2-4-14(12-20)16(21)19-7-9-22-10-8-19/h1,3,5,14H,2,4,6-10,12H2/t14-/m0/s1. The summed E-state index contributed by atoms with van der Waals surface area (Å²) >= 11 is 0. The van der Waals surface area contributed by atoms with Crippen LogP contribution in [0.4, 0.5) is 5.82 Å². The molecular formula is C16H20N4O2. The molecule has 2 aliphatic heterocycles. The van der Waals surface area contributed by atoms with Crippen LogP contribution in [-0.4, -0.2) is 55.2 Å². The Balaban J connectivity index is 1.71. The number of hydrogen-bond acceptors (Lipinski definition) is 5. The summed E-state index contributed by atoms with van der Waals surface area (Å²) in [5.74, 6) is 0.896. The number of ether oxygens (including phenoxy) is 1. The first-order chi connectivity index (χ1) is 10.8. The molecule has 2 fully saturated rings. The normalized spacial score (nSPS) is 22.2. The zero-order valence-corrected chi connectivity index (χ0v) is 12.6. The highest BCUT2D eigenvalue weighted by Crippen LogP contribution is 2.25. The summed E-state index contributed by atoms with van der Waals surface area (Å²) in [6, 6.07) is 5.72. The van der Waals surface area contributed by atoms with Crippen LogP contribution in [0, 0.1) is 17.2 Å². The third kappa shape index (κ3) is 3.04. The number of nitriles is 1. The number of piperidine rings is 1. The number of carbonyl (C=O) groups is 1. The van der Waals surface area contributed by atoms with Crippen molar-refractivity contribution in [3.05, 3.63) is 23.9 Å². The molecule has 1 aromatic rings. The van der Waals surface area contributed by atoms with Crippen LogP contribution < -0.4 is 4.90 Å². The summed E-state index contributed by atoms with van der Waals surface area (Å²) in [6.07, 6.45) is 3.55. The minimum absolute atomic E-state index is 0.0135. The lowest BCUT2D eigenvalue weighted by atomic mass is 9.96. The third-order valence-electron chi connectivity index (χ3n) is 4.30. The largest absolute Gasteiger partial charge is 0.378 e. The van der Waals surface area contributed by atoms with Gasteiger partial charge in [0.2, 0.25) is 5.91 Å². The Hall–Kier alpha value is -2.13. The lowest BCUT2D eigenvalue weighted by Crippen LogP contribution is -2.48. The highest BCUT2D eigenvalue weighted by molar-refractivity contribution is 5.80. The monoisotopic (exact) mass is 300 g/mol. The molecule has 0 aliphatic carbocycles. The average molecular weight is 300 g/mol. The van der Waals surface area contributed by atoms with Gasteiger partial charge in [-0.1, -0.05) is 0 Å². The predicted molar refractivity (Wildman–Crippen MR) is 81.3 cm³/mol. The summed E-state index contributed by atoms with van der Waals surface area (Å²) < 4.78 is 5.31. The van der Waals surface area contributed by atoms with Crippen LogP contribution in [0.15, 0.2) is 18.3 Å². The number of amides is 1. The van der Waals surface area contributed by atoms with Crippen molar-refractivity contribution in [1.82, 2.24) is 9.88 Å². The van der Waals surface area contributed by atoms with E-state index in [1.54, 1.807) is 18.3 Å². The molecule has 3 rings (SSSR count). The number of morpholine rings is 1. The van der Waals surface area contributed by atoms with E-state index in [4.69, 9.17) is 4.74 Å². The van der Waals surface area contributed by atoms with Gasteiger partial charge in [-0.15, -0.1) is 0 Å². The molecule has 0 unspecified atom stereocenters. The van der Waals surface area contributed by atoms with Crippen molar-refractivity contribution in [2.45, 2.75) is 12.8 Å². The van der Waals surface area contributed by atoms with Crippen molar-refractivity contribution >= 4 is 11.7 Å². The highest BCUT2D eigenvalue weighted by Gasteiger charge is 2.31. The third-order valence-corrected chi connectivity index (χ3v) is 4.30. The van der Waals surface area contributed by atoms with Gasteiger partial charge in [-0.2, -0.15) is 5.26 Å². The number of anilines is 1. The van der Waals surface area contributed by atoms with Gasteiger partial charge in [-0.3, -0.25) is 4.79 Å². The van der Waals surface area contributed by atoms with Crippen LogP contribution in [0.2, 0.25) is 0 Å². The van der Waals surface area contributed by atoms with Crippen molar-refractivity contribution in [3.8, 4) is 6.07 Å². The van der Waals surface area contributed by atoms with Gasteiger partial charge >= 0.3 is 0 Å². The second-order valence-electron chi connectivity index (χ2n) is 5.71. The van der Waals surface area contributed by atoms with Crippen molar-refractivity contribution < 1.29 is 9.53 Å². The maximum absolute atomic E-state index is 12.6. The van der Waals surface area contributed by atoms with E-state index >= 15 is 0 Å². The molecule has 116 valence electrons. The quantitative estimate of drug-likeness (QED) is 0.816. The minimum atomic E-state index is -0.0135. The number of nitrogens with zero attached hydrogens (tertiary/aromatic N) is 4. The first-order valence-corrected chi connectivity index (χ1v) is 7.76. The van der Waals surface area contributed by atoms with Gasteiger partial charge in [0, 0.05) is 32.4 Å². The highest BCUT2D eigenvalue weighted by atomic mass is 16.5. The molecule has 2 saturated heterocycles. The zero-order chi connectivity index (χ0) is 15.4. The van der Waals surface area contributed by atoms with Crippen molar-refractivity contribution in [2.75, 3.05) is 44.3 Å². The number of aromatic nitrogens is 1. The predicted octanol–water partition coefficient (Wildman–Crippen LogP) is 1.03. The fourth-order valence-corrected chi connectivity index (χ4v) is 3.15. The molecular weight excluding hydrogens is 280 g/mol. The number of carbonyl (C=O) groups excluding carboxylic acids is 1. The smallest absolute Gasteiger partial charge is 0.227 e. The van der Waals surface area contributed by atoms with Crippen molar-refractivity contribution in [2.24, 2.45) is 5.92 Å². The molecule has 3 heterocycles. The minimum Gasteiger partial charge on any atom is -0.378 e. The molecule has 1 amide bonds. The summed E-state index contributed by atoms with van der Waals surface area (Å²) in [5.41, 5.74) is 0.571. The van der Waals surface area contributed by atoms with Crippen LogP contribution in [0.1, 0.15) is 18.4 Å². The molecule has 6 heteroatoms. The second-order valence-corrected chi connectivity index (χ2v) is 5.71. The maximum atomic E-state index is 12.6. The van der Waals surface area contributed by atoms with Gasteiger partial charge in [0.25, 0.3) is 0 Å². The topological polar surface area (TPSA) is 69.5 Å². The Labute approximate surface area is 130 Å². The van der Waals surface area contributed by atoms with Gasteiger partial charge in [0.05, 0.1) is 24.7 Å². The molecule has 2 aliphatic rings. The Bertz CT molecular complexity index is 578. The van der Waals surface area contributed by atoms with Gasteiger partial charge in [-0.05, 0) is 25.0 Å². The van der Waals surface area contributed by atoms with Crippen LogP contribution in [0.5, 0.6) is 0 Å². The zero-order valence-electron chi connectivity index (χ0n) is 12.6. The fourth-order valence-electron chi connectivity index (χ4n) is 3.15. The van der Waals surface area contributed by atoms with E-state index in [1.165, 1.54) is 0 Å². The summed E-state index contributed by atoms with van der Waals surface area (Å²) in [7, 11) is 0. The molecule has 0 radical (unpaired) electrons. The molecule has 6 nitrogen and oxygen atoms in total. The Morgan fingerprint density at radius 1 is 1.36 bits per heavy atom. The number of pyridine rings is 1. The van der Waals surface area contributed by atoms with E-state index in [-0.39, 0.29) is 11.8 Å². The first-order valence-electron chi connectivity index (χ1n) is 7.76. The number of hydrogen-bond donors (Lipinski definition) is 0. The van der Waals surface area contributed by atoms with Crippen LogP contribution in [0.3, 0.4) is 0 Å². The molecule has 0 N–H and O–H groups in total. The van der Waals surface area contributed by atoms with Crippen molar-refractivity contribution in [1.29, 1.82) is 5.26 Å². The van der Waals surface area contributed by atoms with E-state index in [9.17, 15) is 10.1 Å². The summed E-state index contributed by atoms with van der Waals surface area (Å²) in [5, 5.41) is 9.22. The van der Waals surface area contributed by atoms with Crippen LogP contribution in [0.25, 0.3) is 0 Å². The van der Waals surface area contributed by atoms with E-state index in [0.29, 0.717) is 44.2 Å². The van der Waals surface area contributed by atoms with Gasteiger partial charge in [-0.25, -0.2) is 4.98 Å². The van der Waals surface area contributed by atoms with E-state index in [0.717, 1.165) is 19.4 Å². The Kier molecular flexibility index (Phi) is 4.54. The lowest BCUT2D eigenvalue weighted by Gasteiger charge is -2.36. The van der Waals surface area contributed by atoms with Gasteiger partial charge in [0.15, 0.2) is 0 Å². The lowest BCUT2D eigenvalue weighted by molar-refractivity contribution is -0.139. The molecule has 0 saturated carbocycles. The van der Waals surface area contributed by atoms with Crippen LogP contribution in [-0.2, 0) is 9.53 Å². The molecule has 0 bridgehead atoms. The second kappa shape index (κ2) is 6.75. The SMILES string of the molecule is N#Cc1cccnc1N1CCC[C@H](C(=O)N2CCOCC2)C1. The molecule has 1 aromatic heterocycles. The molecule has 0 aromatic carbocycles. The maximum Gasteiger partial charge on any atom is 0.227 e. The van der Waals surface area contributed by atoms with E-state index in [1.807, 2.05) is 4.90 Å². The summed E-state index contributed by atoms with van der Waals surface area (Å²) in [4.78, 5) is 21.0. The molecule has 22 heavy (non-hydrogen) atoms. The fraction of sp³-hybridized carbons (Fsp3) is 0.562. The van der Waals surface area contributed by atoms with Crippen LogP contribution >= 0.6 is 0 Å². The van der Waals surface area contributed by atoms with Gasteiger partial charge in [0.1, 0.15) is 11.9 Å². The average Bonchev–Trinajstić information content (AvgIpc) is 2.62. The van der Waals surface area contributed by atoms with Gasteiger partial charge < -0.3 is 14.5 Å². The molecule has 0 spiro atoms.